The number of alkyl halides is 1. The van der Waals surface area contributed by atoms with E-state index in [0.29, 0.717) is 11.8 Å². The number of hydrogen-bond acceptors (Lipinski definition) is 2. The molecule has 0 N–H and O–H groups in total. The van der Waals surface area contributed by atoms with Crippen molar-refractivity contribution in [2.75, 3.05) is 38.6 Å². The van der Waals surface area contributed by atoms with Gasteiger partial charge in [-0.1, -0.05) is 31.5 Å². The van der Waals surface area contributed by atoms with E-state index in [0.717, 1.165) is 35.9 Å². The van der Waals surface area contributed by atoms with Crippen LogP contribution in [0.4, 0.5) is 5.69 Å². The molecule has 0 saturated carbocycles. The summed E-state index contributed by atoms with van der Waals surface area (Å²) in [5.41, 5.74) is 2.31. The number of rotatable bonds is 7. The highest BCUT2D eigenvalue weighted by Gasteiger charge is 2.13. The summed E-state index contributed by atoms with van der Waals surface area (Å²) in [4.78, 5) is 4.58. The highest BCUT2D eigenvalue weighted by atomic mass is 35.5. The Bertz CT molecular complexity index is 392. The summed E-state index contributed by atoms with van der Waals surface area (Å²) >= 11 is 12.2. The zero-order valence-corrected chi connectivity index (χ0v) is 13.8. The molecule has 4 heteroatoms. The predicted octanol–water partition coefficient (Wildman–Crippen LogP) is 4.10. The molecule has 0 unspecified atom stereocenters. The van der Waals surface area contributed by atoms with E-state index < -0.39 is 0 Å². The average Bonchev–Trinajstić information content (AvgIpc) is 2.33. The van der Waals surface area contributed by atoms with Crippen molar-refractivity contribution in [1.82, 2.24) is 4.90 Å². The normalized spacial score (nSPS) is 11.4. The number of nitrogens with zero attached hydrogens (tertiary/aromatic N) is 2. The maximum absolute atomic E-state index is 6.14. The lowest BCUT2D eigenvalue weighted by molar-refractivity contribution is 0.409. The first-order chi connectivity index (χ1) is 8.93. The van der Waals surface area contributed by atoms with Crippen LogP contribution < -0.4 is 4.90 Å². The number of benzene rings is 1. The largest absolute Gasteiger partial charge is 0.370 e. The van der Waals surface area contributed by atoms with Crippen molar-refractivity contribution in [3.8, 4) is 0 Å². The summed E-state index contributed by atoms with van der Waals surface area (Å²) in [6.45, 7) is 7.47. The lowest BCUT2D eigenvalue weighted by atomic mass is 10.1. The van der Waals surface area contributed by atoms with Crippen LogP contribution in [0.1, 0.15) is 19.4 Å². The van der Waals surface area contributed by atoms with Crippen LogP contribution in [0.5, 0.6) is 0 Å². The minimum atomic E-state index is 0.517. The summed E-state index contributed by atoms with van der Waals surface area (Å²) in [5.74, 6) is 1.12. The second-order valence-electron chi connectivity index (χ2n) is 5.55. The summed E-state index contributed by atoms with van der Waals surface area (Å²) in [6, 6.07) is 5.95. The molecule has 1 aromatic carbocycles. The fourth-order valence-electron chi connectivity index (χ4n) is 2.02. The molecule has 0 aliphatic rings. The van der Waals surface area contributed by atoms with Gasteiger partial charge in [0.2, 0.25) is 0 Å². The van der Waals surface area contributed by atoms with E-state index in [-0.39, 0.29) is 0 Å². The maximum atomic E-state index is 6.14. The van der Waals surface area contributed by atoms with Crippen LogP contribution in [0.2, 0.25) is 5.02 Å². The van der Waals surface area contributed by atoms with Crippen LogP contribution in [-0.4, -0.2) is 38.6 Å². The van der Waals surface area contributed by atoms with Crippen molar-refractivity contribution in [3.05, 3.63) is 28.8 Å². The Hall–Kier alpha value is -0.440. The Morgan fingerprint density at radius 1 is 1.16 bits per heavy atom. The third-order valence-electron chi connectivity index (χ3n) is 2.93. The Balaban J connectivity index is 2.97. The molecule has 2 nitrogen and oxygen atoms in total. The second-order valence-corrected chi connectivity index (χ2v) is 6.25. The maximum Gasteiger partial charge on any atom is 0.0494 e. The van der Waals surface area contributed by atoms with Crippen molar-refractivity contribution < 1.29 is 0 Å². The molecule has 1 aromatic rings. The first kappa shape index (κ1) is 16.6. The van der Waals surface area contributed by atoms with E-state index in [1.165, 1.54) is 0 Å². The van der Waals surface area contributed by atoms with Crippen molar-refractivity contribution in [2.45, 2.75) is 19.7 Å². The van der Waals surface area contributed by atoms with Crippen LogP contribution in [-0.2, 0) is 5.88 Å². The Morgan fingerprint density at radius 2 is 1.84 bits per heavy atom. The van der Waals surface area contributed by atoms with Gasteiger partial charge in [0, 0.05) is 36.2 Å². The van der Waals surface area contributed by atoms with Crippen LogP contribution >= 0.6 is 23.2 Å². The van der Waals surface area contributed by atoms with Crippen molar-refractivity contribution in [3.63, 3.8) is 0 Å². The minimum Gasteiger partial charge on any atom is -0.370 e. The van der Waals surface area contributed by atoms with Gasteiger partial charge in [-0.25, -0.2) is 0 Å². The van der Waals surface area contributed by atoms with Gasteiger partial charge in [0.05, 0.1) is 0 Å². The van der Waals surface area contributed by atoms with Crippen molar-refractivity contribution in [1.29, 1.82) is 0 Å². The van der Waals surface area contributed by atoms with Crippen LogP contribution in [0.3, 0.4) is 0 Å². The van der Waals surface area contributed by atoms with Gasteiger partial charge in [0.25, 0.3) is 0 Å². The summed E-state index contributed by atoms with van der Waals surface area (Å²) in [7, 11) is 4.18. The van der Waals surface area contributed by atoms with Gasteiger partial charge in [0.1, 0.15) is 0 Å². The molecule has 0 atom stereocenters. The molecule has 0 saturated heterocycles. The van der Waals surface area contributed by atoms with Crippen molar-refractivity contribution >= 4 is 28.9 Å². The van der Waals surface area contributed by atoms with Gasteiger partial charge in [0.15, 0.2) is 0 Å². The van der Waals surface area contributed by atoms with Crippen LogP contribution in [0.15, 0.2) is 18.2 Å². The van der Waals surface area contributed by atoms with Crippen LogP contribution in [0.25, 0.3) is 0 Å². The van der Waals surface area contributed by atoms with Gasteiger partial charge < -0.3 is 9.80 Å². The van der Waals surface area contributed by atoms with E-state index in [2.05, 4.69) is 37.7 Å². The number of halogens is 2. The molecule has 0 aliphatic carbocycles. The summed E-state index contributed by atoms with van der Waals surface area (Å²) < 4.78 is 0. The molecule has 19 heavy (non-hydrogen) atoms. The topological polar surface area (TPSA) is 6.48 Å². The SMILES string of the molecule is CC(C)CN(CCN(C)C)c1cc(Cl)ccc1CCl. The summed E-state index contributed by atoms with van der Waals surface area (Å²) in [5, 5.41) is 0.766. The smallest absolute Gasteiger partial charge is 0.0494 e. The van der Waals surface area contributed by atoms with Gasteiger partial charge in [-0.15, -0.1) is 11.6 Å². The van der Waals surface area contributed by atoms with Gasteiger partial charge in [-0.3, -0.25) is 0 Å². The predicted molar refractivity (Wildman–Crippen MR) is 86.6 cm³/mol. The number of hydrogen-bond donors (Lipinski definition) is 0. The quantitative estimate of drug-likeness (QED) is 0.700. The van der Waals surface area contributed by atoms with E-state index in [1.807, 2.05) is 18.2 Å². The minimum absolute atomic E-state index is 0.517. The number of anilines is 1. The highest BCUT2D eigenvalue weighted by molar-refractivity contribution is 6.31. The van der Waals surface area contributed by atoms with Crippen molar-refractivity contribution in [2.24, 2.45) is 5.92 Å². The van der Waals surface area contributed by atoms with Gasteiger partial charge in [-0.2, -0.15) is 0 Å². The molecule has 0 bridgehead atoms. The molecule has 0 aliphatic heterocycles. The third kappa shape index (κ3) is 5.60. The van der Waals surface area contributed by atoms with Crippen LogP contribution in [0, 0.1) is 5.92 Å². The molecular formula is C15H24Cl2N2. The monoisotopic (exact) mass is 302 g/mol. The standard InChI is InChI=1S/C15H24Cl2N2/c1-12(2)11-19(8-7-18(3)4)15-9-14(17)6-5-13(15)10-16/h5-6,9,12H,7-8,10-11H2,1-4H3. The first-order valence-electron chi connectivity index (χ1n) is 6.68. The average molecular weight is 303 g/mol. The van der Waals surface area contributed by atoms with Gasteiger partial charge >= 0.3 is 0 Å². The Morgan fingerprint density at radius 3 is 2.37 bits per heavy atom. The lowest BCUT2D eigenvalue weighted by Gasteiger charge is -2.30. The molecule has 0 aromatic heterocycles. The molecule has 0 spiro atoms. The molecule has 0 fully saturated rings. The van der Waals surface area contributed by atoms with Gasteiger partial charge in [-0.05, 0) is 37.7 Å². The Labute approximate surface area is 127 Å². The third-order valence-corrected chi connectivity index (χ3v) is 3.46. The fraction of sp³-hybridized carbons (Fsp3) is 0.600. The lowest BCUT2D eigenvalue weighted by Crippen LogP contribution is -2.35. The molecular weight excluding hydrogens is 279 g/mol. The fourth-order valence-corrected chi connectivity index (χ4v) is 2.41. The molecule has 0 heterocycles. The Kier molecular flexibility index (Phi) is 6.98. The molecule has 108 valence electrons. The van der Waals surface area contributed by atoms with E-state index in [1.54, 1.807) is 0 Å². The van der Waals surface area contributed by atoms with E-state index >= 15 is 0 Å². The highest BCUT2D eigenvalue weighted by Crippen LogP contribution is 2.27. The summed E-state index contributed by atoms with van der Waals surface area (Å²) in [6.07, 6.45) is 0. The molecule has 1 rings (SSSR count). The first-order valence-corrected chi connectivity index (χ1v) is 7.59. The molecule has 0 radical (unpaired) electrons. The molecule has 0 amide bonds. The zero-order chi connectivity index (χ0) is 14.4. The second kappa shape index (κ2) is 7.98. The zero-order valence-electron chi connectivity index (χ0n) is 12.3. The van der Waals surface area contributed by atoms with E-state index in [9.17, 15) is 0 Å². The van der Waals surface area contributed by atoms with E-state index in [4.69, 9.17) is 23.2 Å². The number of likely N-dealkylation sites (N-methyl/N-ethyl adjacent to an activating group) is 1.